The fourth-order valence-corrected chi connectivity index (χ4v) is 3.15. The van der Waals surface area contributed by atoms with Crippen molar-refractivity contribution in [2.75, 3.05) is 6.54 Å². The predicted octanol–water partition coefficient (Wildman–Crippen LogP) is 1.26. The first-order valence-corrected chi connectivity index (χ1v) is 8.86. The fourth-order valence-electron chi connectivity index (χ4n) is 3.15. The molecule has 8 heteroatoms. The van der Waals surface area contributed by atoms with Crippen LogP contribution in [0.1, 0.15) is 59.8 Å². The second kappa shape index (κ2) is 6.42. The second-order valence-electron chi connectivity index (χ2n) is 6.81. The van der Waals surface area contributed by atoms with Gasteiger partial charge in [-0.15, -0.1) is 10.2 Å². The normalized spacial score (nSPS) is 16.8. The number of carbonyl (C=O) groups excluding carboxylic acids is 1. The first kappa shape index (κ1) is 16.0. The van der Waals surface area contributed by atoms with E-state index < -0.39 is 0 Å². The van der Waals surface area contributed by atoms with Crippen LogP contribution >= 0.6 is 0 Å². The van der Waals surface area contributed by atoms with Crippen LogP contribution in [0.3, 0.4) is 0 Å². The summed E-state index contributed by atoms with van der Waals surface area (Å²) in [6.45, 7) is 2.76. The van der Waals surface area contributed by atoms with Crippen molar-refractivity contribution in [3.8, 4) is 0 Å². The number of aryl methyl sites for hydroxylation is 1. The van der Waals surface area contributed by atoms with Crippen LogP contribution in [0.15, 0.2) is 9.21 Å². The number of hydrogen-bond donors (Lipinski definition) is 1. The lowest BCUT2D eigenvalue weighted by Crippen LogP contribution is -2.39. The van der Waals surface area contributed by atoms with Crippen LogP contribution in [0.25, 0.3) is 0 Å². The van der Waals surface area contributed by atoms with E-state index in [1.165, 1.54) is 12.8 Å². The number of nitrogens with one attached hydrogen (secondary N) is 1. The number of H-pyrrole nitrogens is 1. The SMILES string of the molecule is CCCc1nnc(C(=O)N2CCc3c(nc(CC4CC4)[nH]c3=O)C2)o1. The molecule has 0 bridgehead atoms. The Labute approximate surface area is 144 Å². The Balaban J connectivity index is 1.53. The zero-order valence-electron chi connectivity index (χ0n) is 14.2. The number of hydrogen-bond acceptors (Lipinski definition) is 6. The third-order valence-electron chi connectivity index (χ3n) is 4.70. The molecule has 1 saturated carbocycles. The predicted molar refractivity (Wildman–Crippen MR) is 88.0 cm³/mol. The van der Waals surface area contributed by atoms with Crippen molar-refractivity contribution in [1.29, 1.82) is 0 Å². The second-order valence-corrected chi connectivity index (χ2v) is 6.81. The maximum Gasteiger partial charge on any atom is 0.311 e. The summed E-state index contributed by atoms with van der Waals surface area (Å²) in [7, 11) is 0. The number of nitrogens with zero attached hydrogens (tertiary/aromatic N) is 4. The van der Waals surface area contributed by atoms with Crippen LogP contribution < -0.4 is 5.56 Å². The van der Waals surface area contributed by atoms with Crippen molar-refractivity contribution in [3.05, 3.63) is 39.2 Å². The van der Waals surface area contributed by atoms with Crippen LogP contribution in [0.5, 0.6) is 0 Å². The van der Waals surface area contributed by atoms with Crippen LogP contribution in [0.4, 0.5) is 0 Å². The molecule has 0 spiro atoms. The Morgan fingerprint density at radius 1 is 1.36 bits per heavy atom. The first-order valence-electron chi connectivity index (χ1n) is 8.86. The summed E-state index contributed by atoms with van der Waals surface area (Å²) in [5.74, 6) is 1.55. The number of carbonyl (C=O) groups is 1. The number of amides is 1. The van der Waals surface area contributed by atoms with Crippen molar-refractivity contribution in [3.63, 3.8) is 0 Å². The Hall–Kier alpha value is -2.51. The van der Waals surface area contributed by atoms with Crippen LogP contribution in [-0.4, -0.2) is 37.5 Å². The molecule has 1 amide bonds. The van der Waals surface area contributed by atoms with Gasteiger partial charge in [0.15, 0.2) is 0 Å². The smallest absolute Gasteiger partial charge is 0.311 e. The molecular formula is C17H21N5O3. The highest BCUT2D eigenvalue weighted by molar-refractivity contribution is 5.89. The van der Waals surface area contributed by atoms with Crippen molar-refractivity contribution in [2.45, 2.75) is 52.0 Å². The van der Waals surface area contributed by atoms with Crippen molar-refractivity contribution < 1.29 is 9.21 Å². The maximum atomic E-state index is 12.6. The van der Waals surface area contributed by atoms with Gasteiger partial charge in [-0.2, -0.15) is 0 Å². The van der Waals surface area contributed by atoms with E-state index in [4.69, 9.17) is 4.42 Å². The molecule has 1 aliphatic heterocycles. The minimum Gasteiger partial charge on any atom is -0.417 e. The first-order chi connectivity index (χ1) is 12.1. The molecule has 1 N–H and O–H groups in total. The molecule has 3 heterocycles. The van der Waals surface area contributed by atoms with Gasteiger partial charge in [0.25, 0.3) is 5.56 Å². The van der Waals surface area contributed by atoms with E-state index in [1.54, 1.807) is 4.90 Å². The van der Waals surface area contributed by atoms with Gasteiger partial charge < -0.3 is 14.3 Å². The van der Waals surface area contributed by atoms with Gasteiger partial charge in [-0.1, -0.05) is 6.92 Å². The van der Waals surface area contributed by atoms with Gasteiger partial charge >= 0.3 is 11.8 Å². The van der Waals surface area contributed by atoms with Gasteiger partial charge in [-0.25, -0.2) is 4.98 Å². The van der Waals surface area contributed by atoms with E-state index in [0.29, 0.717) is 49.0 Å². The molecule has 0 radical (unpaired) electrons. The molecule has 4 rings (SSSR count). The molecule has 0 aromatic carbocycles. The summed E-state index contributed by atoms with van der Waals surface area (Å²) in [4.78, 5) is 34.0. The average Bonchev–Trinajstić information content (AvgIpc) is 3.29. The van der Waals surface area contributed by atoms with Gasteiger partial charge in [-0.3, -0.25) is 9.59 Å². The van der Waals surface area contributed by atoms with Gasteiger partial charge in [-0.05, 0) is 31.6 Å². The van der Waals surface area contributed by atoms with Crippen molar-refractivity contribution in [2.24, 2.45) is 5.92 Å². The maximum absolute atomic E-state index is 12.6. The highest BCUT2D eigenvalue weighted by Gasteiger charge is 2.29. The molecule has 2 aromatic heterocycles. The third kappa shape index (κ3) is 3.33. The van der Waals surface area contributed by atoms with E-state index in [1.807, 2.05) is 6.92 Å². The fraction of sp³-hybridized carbons (Fsp3) is 0.588. The minimum atomic E-state index is -0.300. The topological polar surface area (TPSA) is 105 Å². The Morgan fingerprint density at radius 3 is 2.96 bits per heavy atom. The average molecular weight is 343 g/mol. The summed E-state index contributed by atoms with van der Waals surface area (Å²) in [6, 6.07) is 0. The molecule has 25 heavy (non-hydrogen) atoms. The molecule has 8 nitrogen and oxygen atoms in total. The lowest BCUT2D eigenvalue weighted by molar-refractivity contribution is 0.0688. The summed E-state index contributed by atoms with van der Waals surface area (Å²) < 4.78 is 5.43. The summed E-state index contributed by atoms with van der Waals surface area (Å²) in [6.07, 6.45) is 5.23. The number of aromatic nitrogens is 4. The zero-order chi connectivity index (χ0) is 17.4. The van der Waals surface area contributed by atoms with E-state index in [2.05, 4.69) is 20.2 Å². The van der Waals surface area contributed by atoms with Crippen molar-refractivity contribution in [1.82, 2.24) is 25.1 Å². The quantitative estimate of drug-likeness (QED) is 0.876. The number of fused-ring (bicyclic) bond motifs is 1. The minimum absolute atomic E-state index is 0.00921. The zero-order valence-corrected chi connectivity index (χ0v) is 14.2. The van der Waals surface area contributed by atoms with Crippen LogP contribution in [0, 0.1) is 5.92 Å². The van der Waals surface area contributed by atoms with Gasteiger partial charge in [0.2, 0.25) is 5.89 Å². The molecular weight excluding hydrogens is 322 g/mol. The lowest BCUT2D eigenvalue weighted by Gasteiger charge is -2.26. The largest absolute Gasteiger partial charge is 0.417 e. The third-order valence-corrected chi connectivity index (χ3v) is 4.70. The van der Waals surface area contributed by atoms with Crippen LogP contribution in [-0.2, 0) is 25.8 Å². The van der Waals surface area contributed by atoms with E-state index in [0.717, 1.165) is 18.7 Å². The molecule has 0 unspecified atom stereocenters. The Kier molecular flexibility index (Phi) is 4.10. The molecule has 1 aliphatic carbocycles. The van der Waals surface area contributed by atoms with Gasteiger partial charge in [0.1, 0.15) is 5.82 Å². The summed E-state index contributed by atoms with van der Waals surface area (Å²) in [5.41, 5.74) is 1.30. The molecule has 1 fully saturated rings. The van der Waals surface area contributed by atoms with Crippen LogP contribution in [0.2, 0.25) is 0 Å². The van der Waals surface area contributed by atoms with Crippen molar-refractivity contribution >= 4 is 5.91 Å². The van der Waals surface area contributed by atoms with E-state index in [-0.39, 0.29) is 17.4 Å². The molecule has 2 aromatic rings. The highest BCUT2D eigenvalue weighted by atomic mass is 16.4. The highest BCUT2D eigenvalue weighted by Crippen LogP contribution is 2.31. The number of aromatic amines is 1. The molecule has 0 atom stereocenters. The summed E-state index contributed by atoms with van der Waals surface area (Å²) in [5, 5.41) is 7.75. The number of rotatable bonds is 5. The molecule has 132 valence electrons. The van der Waals surface area contributed by atoms with E-state index in [9.17, 15) is 9.59 Å². The monoisotopic (exact) mass is 343 g/mol. The Morgan fingerprint density at radius 2 is 2.20 bits per heavy atom. The van der Waals surface area contributed by atoms with E-state index >= 15 is 0 Å². The summed E-state index contributed by atoms with van der Waals surface area (Å²) >= 11 is 0. The molecule has 2 aliphatic rings. The molecule has 0 saturated heterocycles. The standard InChI is InChI=1S/C17H21N5O3/c1-2-3-14-20-21-16(25-14)17(24)22-7-6-11-12(9-22)18-13(19-15(11)23)8-10-4-5-10/h10H,2-9H2,1H3,(H,18,19,23). The van der Waals surface area contributed by atoms with Gasteiger partial charge in [0.05, 0.1) is 12.2 Å². The lowest BCUT2D eigenvalue weighted by atomic mass is 10.1. The Bertz CT molecular complexity index is 852. The van der Waals surface area contributed by atoms with Gasteiger partial charge in [0, 0.05) is 24.9 Å².